The number of carboxylic acid groups (broad SMARTS) is 1. The van der Waals surface area contributed by atoms with Crippen molar-refractivity contribution >= 4 is 23.7 Å². The topological polar surface area (TPSA) is 206 Å². The van der Waals surface area contributed by atoms with Crippen LogP contribution >= 0.6 is 0 Å². The molecule has 0 aromatic heterocycles. The van der Waals surface area contributed by atoms with Gasteiger partial charge in [0.2, 0.25) is 11.8 Å². The Morgan fingerprint density at radius 2 is 1.61 bits per heavy atom. The van der Waals surface area contributed by atoms with Gasteiger partial charge in [0.05, 0.1) is 6.04 Å². The zero-order valence-corrected chi connectivity index (χ0v) is 17.7. The summed E-state index contributed by atoms with van der Waals surface area (Å²) in [6.07, 6.45) is 0.522. The quantitative estimate of drug-likeness (QED) is 0.123. The number of phenolic OH excluding ortho intramolecular Hbond substituents is 1. The third-order valence-corrected chi connectivity index (χ3v) is 4.59. The summed E-state index contributed by atoms with van der Waals surface area (Å²) < 4.78 is 0. The Balaban J connectivity index is 2.93. The minimum absolute atomic E-state index is 0.0577. The maximum atomic E-state index is 12.9. The van der Waals surface area contributed by atoms with Crippen LogP contribution in [0.2, 0.25) is 0 Å². The first-order valence-corrected chi connectivity index (χ1v) is 9.93. The summed E-state index contributed by atoms with van der Waals surface area (Å²) in [7, 11) is 0. The van der Waals surface area contributed by atoms with Crippen molar-refractivity contribution < 1.29 is 24.6 Å². The minimum atomic E-state index is -1.22. The molecule has 0 bridgehead atoms. The number of nitrogens with two attached hydrogens (primary N) is 3. The second-order valence-electron chi connectivity index (χ2n) is 7.55. The Hall–Kier alpha value is -3.34. The summed E-state index contributed by atoms with van der Waals surface area (Å²) in [6, 6.07) is 3.05. The van der Waals surface area contributed by atoms with Gasteiger partial charge in [-0.25, -0.2) is 4.79 Å². The predicted molar refractivity (Wildman–Crippen MR) is 116 cm³/mol. The molecule has 3 unspecified atom stereocenters. The summed E-state index contributed by atoms with van der Waals surface area (Å²) in [6.45, 7) is 3.77. The number of rotatable bonds is 12. The molecule has 1 aromatic carbocycles. The lowest BCUT2D eigenvalue weighted by molar-refractivity contribution is -0.142. The highest BCUT2D eigenvalue weighted by Crippen LogP contribution is 2.12. The van der Waals surface area contributed by atoms with Crippen LogP contribution in [-0.4, -0.2) is 58.6 Å². The van der Waals surface area contributed by atoms with Crippen molar-refractivity contribution in [3.8, 4) is 5.75 Å². The number of phenols is 1. The van der Waals surface area contributed by atoms with E-state index in [1.807, 2.05) is 0 Å². The number of carbonyl (C=O) groups excluding carboxylic acids is 2. The van der Waals surface area contributed by atoms with Crippen molar-refractivity contribution in [2.45, 2.75) is 51.2 Å². The number of nitrogens with zero attached hydrogens (tertiary/aromatic N) is 1. The van der Waals surface area contributed by atoms with Crippen LogP contribution in [0.25, 0.3) is 0 Å². The van der Waals surface area contributed by atoms with Crippen molar-refractivity contribution in [2.24, 2.45) is 28.1 Å². The van der Waals surface area contributed by atoms with Crippen LogP contribution in [0.4, 0.5) is 0 Å². The molecule has 0 saturated carbocycles. The van der Waals surface area contributed by atoms with E-state index >= 15 is 0 Å². The molecule has 2 amide bonds. The molecular formula is C20H32N6O5. The van der Waals surface area contributed by atoms with Crippen LogP contribution in [-0.2, 0) is 20.8 Å². The molecule has 0 saturated heterocycles. The number of aliphatic carboxylic acids is 1. The molecule has 1 aromatic rings. The summed E-state index contributed by atoms with van der Waals surface area (Å²) in [5, 5.41) is 23.9. The highest BCUT2D eigenvalue weighted by molar-refractivity contribution is 5.92. The second-order valence-corrected chi connectivity index (χ2v) is 7.55. The Kier molecular flexibility index (Phi) is 10.3. The fourth-order valence-corrected chi connectivity index (χ4v) is 2.68. The molecule has 0 aliphatic rings. The van der Waals surface area contributed by atoms with Crippen molar-refractivity contribution in [3.05, 3.63) is 29.8 Å². The molecule has 0 radical (unpaired) electrons. The van der Waals surface area contributed by atoms with Gasteiger partial charge < -0.3 is 38.0 Å². The molecule has 31 heavy (non-hydrogen) atoms. The van der Waals surface area contributed by atoms with Gasteiger partial charge >= 0.3 is 5.97 Å². The van der Waals surface area contributed by atoms with Crippen LogP contribution in [0.3, 0.4) is 0 Å². The Labute approximate surface area is 181 Å². The minimum Gasteiger partial charge on any atom is -0.508 e. The SMILES string of the molecule is CC(C)C(N)C(=O)NC(Cc1ccc(O)cc1)C(=O)NC(CCCN=C(N)N)C(=O)O. The van der Waals surface area contributed by atoms with Crippen molar-refractivity contribution in [3.63, 3.8) is 0 Å². The lowest BCUT2D eigenvalue weighted by atomic mass is 10.0. The third-order valence-electron chi connectivity index (χ3n) is 4.59. The maximum Gasteiger partial charge on any atom is 0.326 e. The summed E-state index contributed by atoms with van der Waals surface area (Å²) in [4.78, 5) is 40.6. The van der Waals surface area contributed by atoms with Gasteiger partial charge in [0.15, 0.2) is 5.96 Å². The van der Waals surface area contributed by atoms with E-state index in [1.54, 1.807) is 26.0 Å². The number of benzene rings is 1. The molecule has 0 fully saturated rings. The highest BCUT2D eigenvalue weighted by atomic mass is 16.4. The highest BCUT2D eigenvalue weighted by Gasteiger charge is 2.28. The number of carboxylic acids is 1. The number of hydrogen-bond acceptors (Lipinski definition) is 6. The average molecular weight is 437 g/mol. The number of aliphatic imine (C=N–C) groups is 1. The Morgan fingerprint density at radius 3 is 2.13 bits per heavy atom. The third kappa shape index (κ3) is 9.34. The van der Waals surface area contributed by atoms with Crippen LogP contribution in [0.1, 0.15) is 32.3 Å². The number of hydrogen-bond donors (Lipinski definition) is 7. The molecule has 3 atom stereocenters. The average Bonchev–Trinajstić information content (AvgIpc) is 2.69. The fourth-order valence-electron chi connectivity index (χ4n) is 2.68. The molecule has 0 heterocycles. The molecular weight excluding hydrogens is 404 g/mol. The molecule has 0 aliphatic heterocycles. The smallest absolute Gasteiger partial charge is 0.326 e. The first-order valence-electron chi connectivity index (χ1n) is 9.93. The molecule has 11 nitrogen and oxygen atoms in total. The molecule has 0 spiro atoms. The molecule has 1 rings (SSSR count). The van der Waals surface area contributed by atoms with Crippen LogP contribution < -0.4 is 27.8 Å². The number of nitrogens with one attached hydrogen (secondary N) is 2. The number of aromatic hydroxyl groups is 1. The number of guanidine groups is 1. The van der Waals surface area contributed by atoms with Gasteiger partial charge in [0.1, 0.15) is 17.8 Å². The summed E-state index contributed by atoms with van der Waals surface area (Å²) >= 11 is 0. The van der Waals surface area contributed by atoms with E-state index in [0.717, 1.165) is 0 Å². The largest absolute Gasteiger partial charge is 0.508 e. The normalized spacial score (nSPS) is 13.7. The van der Waals surface area contributed by atoms with Gasteiger partial charge in [-0.1, -0.05) is 26.0 Å². The van der Waals surface area contributed by atoms with E-state index in [9.17, 15) is 24.6 Å². The van der Waals surface area contributed by atoms with Gasteiger partial charge in [0, 0.05) is 13.0 Å². The van der Waals surface area contributed by atoms with Gasteiger partial charge in [0.25, 0.3) is 0 Å². The lowest BCUT2D eigenvalue weighted by Crippen LogP contribution is -2.56. The van der Waals surface area contributed by atoms with Crippen LogP contribution in [0.15, 0.2) is 29.3 Å². The van der Waals surface area contributed by atoms with Gasteiger partial charge in [-0.2, -0.15) is 0 Å². The first-order chi connectivity index (χ1) is 14.5. The van der Waals surface area contributed by atoms with Gasteiger partial charge in [-0.15, -0.1) is 0 Å². The van der Waals surface area contributed by atoms with E-state index in [-0.39, 0.29) is 37.0 Å². The molecule has 172 valence electrons. The number of carbonyl (C=O) groups is 3. The van der Waals surface area contributed by atoms with Crippen LogP contribution in [0, 0.1) is 5.92 Å². The fraction of sp³-hybridized carbons (Fsp3) is 0.500. The summed E-state index contributed by atoms with van der Waals surface area (Å²) in [5.41, 5.74) is 17.0. The molecule has 0 aliphatic carbocycles. The van der Waals surface area contributed by atoms with Crippen LogP contribution in [0.5, 0.6) is 5.75 Å². The zero-order valence-electron chi connectivity index (χ0n) is 17.7. The van der Waals surface area contributed by atoms with E-state index < -0.39 is 35.9 Å². The van der Waals surface area contributed by atoms with E-state index in [2.05, 4.69) is 15.6 Å². The maximum absolute atomic E-state index is 12.9. The van der Waals surface area contributed by atoms with Crippen molar-refractivity contribution in [2.75, 3.05) is 6.54 Å². The standard InChI is InChI=1S/C20H32N6O5/c1-11(2)16(21)18(29)26-15(10-12-5-7-13(27)8-6-12)17(28)25-14(19(30)31)4-3-9-24-20(22)23/h5-8,11,14-16,27H,3-4,9-10,21H2,1-2H3,(H,25,28)(H,26,29)(H,30,31)(H4,22,23,24). The molecule has 11 heteroatoms. The van der Waals surface area contributed by atoms with Gasteiger partial charge in [-0.3, -0.25) is 14.6 Å². The van der Waals surface area contributed by atoms with Crippen molar-refractivity contribution in [1.29, 1.82) is 0 Å². The summed E-state index contributed by atoms with van der Waals surface area (Å²) in [5.74, 6) is -2.59. The molecule has 10 N–H and O–H groups in total. The Morgan fingerprint density at radius 1 is 1.03 bits per heavy atom. The lowest BCUT2D eigenvalue weighted by Gasteiger charge is -2.24. The zero-order chi connectivity index (χ0) is 23.6. The van der Waals surface area contributed by atoms with E-state index in [4.69, 9.17) is 17.2 Å². The van der Waals surface area contributed by atoms with E-state index in [0.29, 0.717) is 12.0 Å². The monoisotopic (exact) mass is 436 g/mol. The second kappa shape index (κ2) is 12.4. The van der Waals surface area contributed by atoms with Crippen molar-refractivity contribution in [1.82, 2.24) is 10.6 Å². The van der Waals surface area contributed by atoms with Gasteiger partial charge in [-0.05, 0) is 36.5 Å². The van der Waals surface area contributed by atoms with E-state index in [1.165, 1.54) is 12.1 Å². The predicted octanol–water partition coefficient (Wildman–Crippen LogP) is -0.974. The number of amides is 2. The first kappa shape index (κ1) is 25.7. The Bertz CT molecular complexity index is 777.